The Morgan fingerprint density at radius 3 is 2.61 bits per heavy atom. The van der Waals surface area contributed by atoms with Crippen LogP contribution in [-0.2, 0) is 18.8 Å². The van der Waals surface area contributed by atoms with E-state index in [1.54, 1.807) is 19.3 Å². The van der Waals surface area contributed by atoms with Crippen molar-refractivity contribution in [3.05, 3.63) is 47.3 Å². The number of nitrogens with one attached hydrogen (secondary N) is 1. The fourth-order valence-electron chi connectivity index (χ4n) is 2.08. The highest BCUT2D eigenvalue weighted by Crippen LogP contribution is 2.35. The molecule has 122 valence electrons. The van der Waals surface area contributed by atoms with Gasteiger partial charge in [0.1, 0.15) is 5.60 Å². The number of nitriles is 1. The number of hydrogen-bond donors (Lipinski definition) is 2. The van der Waals surface area contributed by atoms with Crippen molar-refractivity contribution < 1.29 is 18.3 Å². The zero-order valence-corrected chi connectivity index (χ0v) is 12.5. The van der Waals surface area contributed by atoms with Gasteiger partial charge >= 0.3 is 6.18 Å². The molecule has 2 N–H and O–H groups in total. The van der Waals surface area contributed by atoms with Crippen LogP contribution in [0.2, 0.25) is 0 Å². The van der Waals surface area contributed by atoms with Crippen molar-refractivity contribution >= 4 is 5.69 Å². The smallest absolute Gasteiger partial charge is 0.383 e. The van der Waals surface area contributed by atoms with Crippen molar-refractivity contribution in [2.45, 2.75) is 18.7 Å². The zero-order valence-electron chi connectivity index (χ0n) is 12.5. The van der Waals surface area contributed by atoms with E-state index in [0.29, 0.717) is 5.56 Å². The molecule has 1 aromatic carbocycles. The topological polar surface area (TPSA) is 73.9 Å². The summed E-state index contributed by atoms with van der Waals surface area (Å²) in [5.41, 5.74) is -1.99. The van der Waals surface area contributed by atoms with E-state index in [-0.39, 0.29) is 17.8 Å². The number of aromatic nitrogens is 2. The van der Waals surface area contributed by atoms with Gasteiger partial charge in [0.05, 0.1) is 23.4 Å². The second-order valence-corrected chi connectivity index (χ2v) is 5.40. The molecule has 0 fully saturated rings. The SMILES string of the molecule is Cn1cc([C@](C)(O)CNc2cc(C#N)ccc2C(F)(F)F)cn1. The van der Waals surface area contributed by atoms with Crippen LogP contribution < -0.4 is 5.32 Å². The van der Waals surface area contributed by atoms with Crippen LogP contribution in [0.5, 0.6) is 0 Å². The molecule has 0 bridgehead atoms. The molecule has 0 unspecified atom stereocenters. The molecule has 0 aliphatic heterocycles. The molecule has 5 nitrogen and oxygen atoms in total. The lowest BCUT2D eigenvalue weighted by atomic mass is 9.99. The summed E-state index contributed by atoms with van der Waals surface area (Å²) in [7, 11) is 1.67. The Balaban J connectivity index is 2.27. The van der Waals surface area contributed by atoms with Gasteiger partial charge < -0.3 is 10.4 Å². The van der Waals surface area contributed by atoms with E-state index in [1.165, 1.54) is 17.8 Å². The van der Waals surface area contributed by atoms with Crippen molar-refractivity contribution in [2.75, 3.05) is 11.9 Å². The summed E-state index contributed by atoms with van der Waals surface area (Å²) in [6.45, 7) is 1.30. The van der Waals surface area contributed by atoms with Crippen LogP contribution in [0.3, 0.4) is 0 Å². The first-order chi connectivity index (χ1) is 10.6. The molecular formula is C15H15F3N4O. The summed E-state index contributed by atoms with van der Waals surface area (Å²) >= 11 is 0. The van der Waals surface area contributed by atoms with Gasteiger partial charge in [0, 0.05) is 31.0 Å². The fourth-order valence-corrected chi connectivity index (χ4v) is 2.08. The summed E-state index contributed by atoms with van der Waals surface area (Å²) in [5.74, 6) is 0. The summed E-state index contributed by atoms with van der Waals surface area (Å²) in [4.78, 5) is 0. The Morgan fingerprint density at radius 2 is 2.09 bits per heavy atom. The summed E-state index contributed by atoms with van der Waals surface area (Å²) in [5, 5.41) is 25.8. The molecule has 0 saturated heterocycles. The molecule has 1 aromatic heterocycles. The third kappa shape index (κ3) is 3.81. The predicted molar refractivity (Wildman–Crippen MR) is 77.4 cm³/mol. The first kappa shape index (κ1) is 16.8. The van der Waals surface area contributed by atoms with E-state index < -0.39 is 17.3 Å². The molecule has 0 radical (unpaired) electrons. The lowest BCUT2D eigenvalue weighted by Gasteiger charge is -2.24. The Hall–Kier alpha value is -2.53. The number of anilines is 1. The standard InChI is InChI=1S/C15H15F3N4O/c1-14(23,11-7-21-22(2)8-11)9-20-13-5-10(6-19)3-4-12(13)15(16,17)18/h3-5,7-8,20,23H,9H2,1-2H3/t14-/m1/s1. The maximum absolute atomic E-state index is 13.0. The Bertz CT molecular complexity index is 744. The first-order valence-corrected chi connectivity index (χ1v) is 6.70. The van der Waals surface area contributed by atoms with Crippen LogP contribution in [0, 0.1) is 11.3 Å². The molecule has 0 saturated carbocycles. The van der Waals surface area contributed by atoms with Gasteiger partial charge in [0.25, 0.3) is 0 Å². The number of alkyl halides is 3. The number of benzene rings is 1. The molecule has 2 rings (SSSR count). The normalized spacial score (nSPS) is 14.1. The minimum atomic E-state index is -4.56. The number of hydrogen-bond acceptors (Lipinski definition) is 4. The third-order valence-corrected chi connectivity index (χ3v) is 3.40. The van der Waals surface area contributed by atoms with Gasteiger partial charge in [-0.25, -0.2) is 0 Å². The van der Waals surface area contributed by atoms with Crippen molar-refractivity contribution in [1.29, 1.82) is 5.26 Å². The summed E-state index contributed by atoms with van der Waals surface area (Å²) in [6, 6.07) is 4.86. The largest absolute Gasteiger partial charge is 0.418 e. The van der Waals surface area contributed by atoms with Crippen LogP contribution >= 0.6 is 0 Å². The second-order valence-electron chi connectivity index (χ2n) is 5.40. The molecule has 2 aromatic rings. The van der Waals surface area contributed by atoms with E-state index in [1.807, 2.05) is 0 Å². The zero-order chi connectivity index (χ0) is 17.3. The van der Waals surface area contributed by atoms with Crippen LogP contribution in [0.4, 0.5) is 18.9 Å². The van der Waals surface area contributed by atoms with E-state index in [4.69, 9.17) is 5.26 Å². The average molecular weight is 324 g/mol. The Labute approximate surface area is 131 Å². The molecule has 0 spiro atoms. The van der Waals surface area contributed by atoms with Gasteiger partial charge in [-0.3, -0.25) is 4.68 Å². The number of aliphatic hydroxyl groups is 1. The summed E-state index contributed by atoms with van der Waals surface area (Å²) < 4.78 is 40.6. The first-order valence-electron chi connectivity index (χ1n) is 6.70. The minimum Gasteiger partial charge on any atom is -0.383 e. The number of rotatable bonds is 4. The van der Waals surface area contributed by atoms with Crippen molar-refractivity contribution in [3.63, 3.8) is 0 Å². The summed E-state index contributed by atoms with van der Waals surface area (Å²) in [6.07, 6.45) is -1.54. The highest BCUT2D eigenvalue weighted by Gasteiger charge is 2.34. The molecule has 23 heavy (non-hydrogen) atoms. The number of aryl methyl sites for hydroxylation is 1. The van der Waals surface area contributed by atoms with Crippen molar-refractivity contribution in [3.8, 4) is 6.07 Å². The average Bonchev–Trinajstić information content (AvgIpc) is 2.91. The quantitative estimate of drug-likeness (QED) is 0.907. The van der Waals surface area contributed by atoms with Crippen molar-refractivity contribution in [2.24, 2.45) is 7.05 Å². The maximum Gasteiger partial charge on any atom is 0.418 e. The molecule has 0 aliphatic rings. The lowest BCUT2D eigenvalue weighted by molar-refractivity contribution is -0.137. The highest BCUT2D eigenvalue weighted by molar-refractivity contribution is 5.57. The monoisotopic (exact) mass is 324 g/mol. The van der Waals surface area contributed by atoms with Gasteiger partial charge in [-0.05, 0) is 25.1 Å². The van der Waals surface area contributed by atoms with Crippen LogP contribution in [0.25, 0.3) is 0 Å². The molecule has 0 amide bonds. The van der Waals surface area contributed by atoms with Gasteiger partial charge in [-0.15, -0.1) is 0 Å². The molecule has 1 heterocycles. The van der Waals surface area contributed by atoms with Gasteiger partial charge in [0.2, 0.25) is 0 Å². The van der Waals surface area contributed by atoms with E-state index in [2.05, 4.69) is 10.4 Å². The van der Waals surface area contributed by atoms with E-state index in [0.717, 1.165) is 18.2 Å². The minimum absolute atomic E-state index is 0.0986. The van der Waals surface area contributed by atoms with Crippen molar-refractivity contribution in [1.82, 2.24) is 9.78 Å². The van der Waals surface area contributed by atoms with E-state index >= 15 is 0 Å². The maximum atomic E-state index is 13.0. The molecular weight excluding hydrogens is 309 g/mol. The molecule has 8 heteroatoms. The number of halogens is 3. The lowest BCUT2D eigenvalue weighted by Crippen LogP contribution is -2.31. The predicted octanol–water partition coefficient (Wildman–Crippen LogP) is 2.63. The molecule has 1 atom stereocenters. The highest BCUT2D eigenvalue weighted by atomic mass is 19.4. The molecule has 0 aliphatic carbocycles. The van der Waals surface area contributed by atoms with Crippen LogP contribution in [0.15, 0.2) is 30.6 Å². The Kier molecular flexibility index (Phi) is 4.34. The number of nitrogens with zero attached hydrogens (tertiary/aromatic N) is 3. The van der Waals surface area contributed by atoms with Gasteiger partial charge in [0.15, 0.2) is 0 Å². The van der Waals surface area contributed by atoms with Crippen LogP contribution in [0.1, 0.15) is 23.6 Å². The third-order valence-electron chi connectivity index (χ3n) is 3.40. The van der Waals surface area contributed by atoms with E-state index in [9.17, 15) is 18.3 Å². The van der Waals surface area contributed by atoms with Gasteiger partial charge in [-0.2, -0.15) is 23.5 Å². The second kappa shape index (κ2) is 5.93. The fraction of sp³-hybridized carbons (Fsp3) is 0.333. The Morgan fingerprint density at radius 1 is 1.39 bits per heavy atom. The van der Waals surface area contributed by atoms with Gasteiger partial charge in [-0.1, -0.05) is 0 Å². The van der Waals surface area contributed by atoms with Crippen LogP contribution in [-0.4, -0.2) is 21.4 Å².